The van der Waals surface area contributed by atoms with Crippen LogP contribution in [0.25, 0.3) is 0 Å². The number of phenols is 1. The lowest BCUT2D eigenvalue weighted by atomic mass is 10.2. The van der Waals surface area contributed by atoms with Gasteiger partial charge in [-0.15, -0.1) is 5.10 Å². The fourth-order valence-corrected chi connectivity index (χ4v) is 1.66. The third-order valence-corrected chi connectivity index (χ3v) is 2.57. The highest BCUT2D eigenvalue weighted by Gasteiger charge is 2.13. The first-order chi connectivity index (χ1) is 8.76. The van der Waals surface area contributed by atoms with E-state index in [4.69, 9.17) is 4.74 Å². The molecule has 1 aromatic heterocycles. The van der Waals surface area contributed by atoms with E-state index in [1.807, 2.05) is 6.07 Å². The second-order valence-electron chi connectivity index (χ2n) is 3.76. The Morgan fingerprint density at radius 3 is 2.89 bits per heavy atom. The van der Waals surface area contributed by atoms with Crippen LogP contribution in [0.15, 0.2) is 24.3 Å². The molecule has 2 aromatic rings. The number of aldehydes is 1. The Balaban J connectivity index is 2.31. The normalized spacial score (nSPS) is 10.5. The van der Waals surface area contributed by atoms with Crippen LogP contribution in [0, 0.1) is 0 Å². The number of nitrogens with zero attached hydrogens (tertiary/aromatic N) is 3. The lowest BCUT2D eigenvalue weighted by Gasteiger charge is -2.07. The minimum absolute atomic E-state index is 0.184. The van der Waals surface area contributed by atoms with E-state index in [-0.39, 0.29) is 18.1 Å². The van der Waals surface area contributed by atoms with Crippen molar-refractivity contribution >= 4 is 6.29 Å². The van der Waals surface area contributed by atoms with E-state index in [0.29, 0.717) is 24.1 Å². The van der Waals surface area contributed by atoms with Crippen LogP contribution in [0.3, 0.4) is 0 Å². The first-order valence-electron chi connectivity index (χ1n) is 5.39. The highest BCUT2D eigenvalue weighted by molar-refractivity contribution is 5.73. The zero-order chi connectivity index (χ0) is 13.0. The van der Waals surface area contributed by atoms with Crippen LogP contribution in [0.4, 0.5) is 0 Å². The first kappa shape index (κ1) is 12.3. The van der Waals surface area contributed by atoms with Crippen molar-refractivity contribution in [1.29, 1.82) is 0 Å². The Morgan fingerprint density at radius 2 is 2.22 bits per heavy atom. The average Bonchev–Trinajstić information content (AvgIpc) is 2.75. The summed E-state index contributed by atoms with van der Waals surface area (Å²) < 4.78 is 6.56. The molecule has 0 bridgehead atoms. The molecule has 0 fully saturated rings. The third kappa shape index (κ3) is 2.38. The van der Waals surface area contributed by atoms with Gasteiger partial charge < -0.3 is 9.84 Å². The molecule has 0 aliphatic carbocycles. The largest absolute Gasteiger partial charge is 0.508 e. The fourth-order valence-electron chi connectivity index (χ4n) is 1.66. The molecule has 0 radical (unpaired) electrons. The van der Waals surface area contributed by atoms with Gasteiger partial charge in [0.25, 0.3) is 0 Å². The predicted molar refractivity (Wildman–Crippen MR) is 63.3 cm³/mol. The SMILES string of the molecule is COCc1c(C=O)nnn1Cc1ccccc1O. The Hall–Kier alpha value is -2.21. The lowest BCUT2D eigenvalue weighted by Crippen LogP contribution is -2.08. The maximum atomic E-state index is 10.8. The first-order valence-corrected chi connectivity index (χ1v) is 5.39. The Labute approximate surface area is 104 Å². The number of carbonyl (C=O) groups excluding carboxylic acids is 1. The number of benzene rings is 1. The molecule has 18 heavy (non-hydrogen) atoms. The number of ether oxygens (including phenoxy) is 1. The smallest absolute Gasteiger partial charge is 0.172 e. The van der Waals surface area contributed by atoms with Gasteiger partial charge in [0.15, 0.2) is 12.0 Å². The van der Waals surface area contributed by atoms with E-state index in [1.54, 1.807) is 22.9 Å². The third-order valence-electron chi connectivity index (χ3n) is 2.57. The van der Waals surface area contributed by atoms with Crippen LogP contribution in [0.1, 0.15) is 21.7 Å². The lowest BCUT2D eigenvalue weighted by molar-refractivity contribution is 0.111. The summed E-state index contributed by atoms with van der Waals surface area (Å²) >= 11 is 0. The van der Waals surface area contributed by atoms with Crippen molar-refractivity contribution in [3.8, 4) is 5.75 Å². The maximum absolute atomic E-state index is 10.8. The van der Waals surface area contributed by atoms with Crippen molar-refractivity contribution in [2.24, 2.45) is 0 Å². The average molecular weight is 247 g/mol. The summed E-state index contributed by atoms with van der Waals surface area (Å²) in [6, 6.07) is 6.95. The molecule has 6 nitrogen and oxygen atoms in total. The molecule has 0 aliphatic rings. The molecule has 0 aliphatic heterocycles. The number of phenolic OH excluding ortho intramolecular Hbond substituents is 1. The number of rotatable bonds is 5. The summed E-state index contributed by atoms with van der Waals surface area (Å²) in [6.07, 6.45) is 0.642. The predicted octanol–water partition coefficient (Wildman–Crippen LogP) is 0.991. The molecule has 1 heterocycles. The van der Waals surface area contributed by atoms with Crippen molar-refractivity contribution in [2.75, 3.05) is 7.11 Å². The van der Waals surface area contributed by atoms with Gasteiger partial charge in [0.05, 0.1) is 18.8 Å². The quantitative estimate of drug-likeness (QED) is 0.797. The number of aromatic nitrogens is 3. The topological polar surface area (TPSA) is 77.2 Å². The van der Waals surface area contributed by atoms with E-state index < -0.39 is 0 Å². The summed E-state index contributed by atoms with van der Waals surface area (Å²) in [7, 11) is 1.53. The number of para-hydroxylation sites is 1. The van der Waals surface area contributed by atoms with E-state index in [0.717, 1.165) is 0 Å². The second kappa shape index (κ2) is 5.42. The molecule has 0 saturated carbocycles. The second-order valence-corrected chi connectivity index (χ2v) is 3.76. The highest BCUT2D eigenvalue weighted by atomic mass is 16.5. The minimum Gasteiger partial charge on any atom is -0.508 e. The van der Waals surface area contributed by atoms with Gasteiger partial charge in [0.2, 0.25) is 0 Å². The van der Waals surface area contributed by atoms with E-state index in [2.05, 4.69) is 10.3 Å². The standard InChI is InChI=1S/C12H13N3O3/c1-18-8-11-10(7-16)13-14-15(11)6-9-4-2-3-5-12(9)17/h2-5,7,17H,6,8H2,1H3. The summed E-state index contributed by atoms with van der Waals surface area (Å²) in [4.78, 5) is 10.8. The van der Waals surface area contributed by atoms with Crippen LogP contribution in [-0.2, 0) is 17.9 Å². The van der Waals surface area contributed by atoms with Crippen LogP contribution >= 0.6 is 0 Å². The van der Waals surface area contributed by atoms with E-state index >= 15 is 0 Å². The van der Waals surface area contributed by atoms with E-state index in [1.165, 1.54) is 7.11 Å². The molecule has 0 atom stereocenters. The molecule has 0 spiro atoms. The van der Waals surface area contributed by atoms with Gasteiger partial charge in [0.1, 0.15) is 5.75 Å². The van der Waals surface area contributed by atoms with Crippen molar-refractivity contribution in [3.05, 3.63) is 41.2 Å². The van der Waals surface area contributed by atoms with Gasteiger partial charge in [0, 0.05) is 12.7 Å². The Morgan fingerprint density at radius 1 is 1.44 bits per heavy atom. The fraction of sp³-hybridized carbons (Fsp3) is 0.250. The molecule has 6 heteroatoms. The summed E-state index contributed by atoms with van der Waals surface area (Å²) in [5, 5.41) is 17.3. The number of hydrogen-bond acceptors (Lipinski definition) is 5. The number of carbonyl (C=O) groups is 1. The molecule has 94 valence electrons. The number of methoxy groups -OCH3 is 1. The summed E-state index contributed by atoms with van der Waals surface area (Å²) in [6.45, 7) is 0.584. The summed E-state index contributed by atoms with van der Waals surface area (Å²) in [5.41, 5.74) is 1.56. The van der Waals surface area contributed by atoms with E-state index in [9.17, 15) is 9.90 Å². The zero-order valence-corrected chi connectivity index (χ0v) is 9.91. The molecular weight excluding hydrogens is 234 g/mol. The monoisotopic (exact) mass is 247 g/mol. The van der Waals surface area contributed by atoms with Crippen LogP contribution in [-0.4, -0.2) is 33.5 Å². The molecule has 2 rings (SSSR count). The zero-order valence-electron chi connectivity index (χ0n) is 9.91. The molecule has 1 aromatic carbocycles. The molecule has 0 saturated heterocycles. The summed E-state index contributed by atoms with van der Waals surface area (Å²) in [5.74, 6) is 0.184. The van der Waals surface area contributed by atoms with Gasteiger partial charge in [-0.2, -0.15) is 0 Å². The van der Waals surface area contributed by atoms with Crippen molar-refractivity contribution in [1.82, 2.24) is 15.0 Å². The van der Waals surface area contributed by atoms with Crippen LogP contribution < -0.4 is 0 Å². The Kier molecular flexibility index (Phi) is 3.69. The molecule has 1 N–H and O–H groups in total. The number of aromatic hydroxyl groups is 1. The molecule has 0 amide bonds. The van der Waals surface area contributed by atoms with Gasteiger partial charge in [-0.05, 0) is 6.07 Å². The van der Waals surface area contributed by atoms with Crippen molar-refractivity contribution < 1.29 is 14.6 Å². The van der Waals surface area contributed by atoms with Crippen LogP contribution in [0.5, 0.6) is 5.75 Å². The molecular formula is C12H13N3O3. The van der Waals surface area contributed by atoms with Gasteiger partial charge in [-0.25, -0.2) is 4.68 Å². The van der Waals surface area contributed by atoms with Gasteiger partial charge in [-0.1, -0.05) is 23.4 Å². The minimum atomic E-state index is 0.184. The van der Waals surface area contributed by atoms with Gasteiger partial charge >= 0.3 is 0 Å². The number of hydrogen-bond donors (Lipinski definition) is 1. The highest BCUT2D eigenvalue weighted by Crippen LogP contribution is 2.17. The van der Waals surface area contributed by atoms with Crippen molar-refractivity contribution in [2.45, 2.75) is 13.2 Å². The van der Waals surface area contributed by atoms with Crippen LogP contribution in [0.2, 0.25) is 0 Å². The van der Waals surface area contributed by atoms with Gasteiger partial charge in [-0.3, -0.25) is 4.79 Å². The Bertz CT molecular complexity index is 551. The van der Waals surface area contributed by atoms with Crippen molar-refractivity contribution in [3.63, 3.8) is 0 Å². The molecule has 0 unspecified atom stereocenters. The maximum Gasteiger partial charge on any atom is 0.172 e.